The molecule has 0 spiro atoms. The molecule has 2 aromatic rings. The summed E-state index contributed by atoms with van der Waals surface area (Å²) >= 11 is 0. The van der Waals surface area contributed by atoms with Gasteiger partial charge in [-0.25, -0.2) is 9.07 Å². The second-order valence-corrected chi connectivity index (χ2v) is 3.22. The van der Waals surface area contributed by atoms with Crippen molar-refractivity contribution in [3.05, 3.63) is 47.5 Å². The first-order valence-corrected chi connectivity index (χ1v) is 4.48. The molecule has 3 nitrogen and oxygen atoms in total. The Labute approximate surface area is 86.2 Å². The number of nitrogens with zero attached hydrogens (tertiary/aromatic N) is 2. The van der Waals surface area contributed by atoms with Gasteiger partial charge in [-0.05, 0) is 30.7 Å². The lowest BCUT2D eigenvalue weighted by Gasteiger charge is -2.07. The molecule has 1 aromatic carbocycles. The van der Waals surface area contributed by atoms with Crippen molar-refractivity contribution >= 4 is 6.29 Å². The van der Waals surface area contributed by atoms with Crippen LogP contribution < -0.4 is 0 Å². The summed E-state index contributed by atoms with van der Waals surface area (Å²) in [7, 11) is 0. The van der Waals surface area contributed by atoms with Gasteiger partial charge in [0.15, 0.2) is 6.29 Å². The second-order valence-electron chi connectivity index (χ2n) is 3.22. The SMILES string of the molecule is Cc1ccc(F)cc1-n1nccc1C=O. The van der Waals surface area contributed by atoms with E-state index in [0.29, 0.717) is 17.7 Å². The van der Waals surface area contributed by atoms with Gasteiger partial charge in [0.05, 0.1) is 11.9 Å². The maximum Gasteiger partial charge on any atom is 0.168 e. The highest BCUT2D eigenvalue weighted by molar-refractivity contribution is 5.73. The van der Waals surface area contributed by atoms with Gasteiger partial charge in [-0.1, -0.05) is 6.07 Å². The van der Waals surface area contributed by atoms with Gasteiger partial charge in [-0.15, -0.1) is 0 Å². The fourth-order valence-corrected chi connectivity index (χ4v) is 1.41. The third-order valence-corrected chi connectivity index (χ3v) is 2.19. The smallest absolute Gasteiger partial charge is 0.168 e. The monoisotopic (exact) mass is 204 g/mol. The third kappa shape index (κ3) is 1.66. The maximum absolute atomic E-state index is 13.0. The van der Waals surface area contributed by atoms with Crippen molar-refractivity contribution < 1.29 is 9.18 Å². The van der Waals surface area contributed by atoms with Crippen molar-refractivity contribution in [1.82, 2.24) is 9.78 Å². The van der Waals surface area contributed by atoms with Gasteiger partial charge in [0.25, 0.3) is 0 Å². The molecule has 4 heteroatoms. The van der Waals surface area contributed by atoms with E-state index in [9.17, 15) is 9.18 Å². The lowest BCUT2D eigenvalue weighted by molar-refractivity contribution is 0.111. The predicted octanol–water partition coefficient (Wildman–Crippen LogP) is 2.13. The Morgan fingerprint density at radius 1 is 1.40 bits per heavy atom. The largest absolute Gasteiger partial charge is 0.296 e. The first-order valence-electron chi connectivity index (χ1n) is 4.48. The van der Waals surface area contributed by atoms with Crippen molar-refractivity contribution in [2.75, 3.05) is 0 Å². The summed E-state index contributed by atoms with van der Waals surface area (Å²) < 4.78 is 14.5. The average Bonchev–Trinajstić information content (AvgIpc) is 2.69. The first kappa shape index (κ1) is 9.58. The first-order chi connectivity index (χ1) is 7.22. The number of benzene rings is 1. The number of aldehydes is 1. The summed E-state index contributed by atoms with van der Waals surface area (Å²) in [6.07, 6.45) is 2.20. The number of hydrogen-bond acceptors (Lipinski definition) is 2. The summed E-state index contributed by atoms with van der Waals surface area (Å²) in [6, 6.07) is 5.97. The molecule has 0 aliphatic heterocycles. The Morgan fingerprint density at radius 2 is 2.20 bits per heavy atom. The molecule has 0 amide bonds. The van der Waals surface area contributed by atoms with Gasteiger partial charge in [-0.2, -0.15) is 5.10 Å². The molecule has 2 rings (SSSR count). The zero-order valence-electron chi connectivity index (χ0n) is 8.14. The van der Waals surface area contributed by atoms with Gasteiger partial charge in [-0.3, -0.25) is 4.79 Å². The van der Waals surface area contributed by atoms with E-state index >= 15 is 0 Å². The van der Waals surface area contributed by atoms with Crippen LogP contribution >= 0.6 is 0 Å². The zero-order valence-corrected chi connectivity index (χ0v) is 8.14. The number of carbonyl (C=O) groups excluding carboxylic acids is 1. The number of carbonyl (C=O) groups is 1. The summed E-state index contributed by atoms with van der Waals surface area (Å²) in [4.78, 5) is 10.7. The lowest BCUT2D eigenvalue weighted by atomic mass is 10.2. The van der Waals surface area contributed by atoms with Crippen LogP contribution in [0, 0.1) is 12.7 Å². The van der Waals surface area contributed by atoms with Gasteiger partial charge < -0.3 is 0 Å². The Balaban J connectivity index is 2.62. The van der Waals surface area contributed by atoms with E-state index in [1.807, 2.05) is 6.92 Å². The molecule has 1 aromatic heterocycles. The van der Waals surface area contributed by atoms with Crippen molar-refractivity contribution in [3.8, 4) is 5.69 Å². The zero-order chi connectivity index (χ0) is 10.8. The van der Waals surface area contributed by atoms with E-state index in [1.54, 1.807) is 12.1 Å². The van der Waals surface area contributed by atoms with Crippen molar-refractivity contribution in [2.24, 2.45) is 0 Å². The van der Waals surface area contributed by atoms with Crippen LogP contribution in [0.15, 0.2) is 30.5 Å². The Hall–Kier alpha value is -1.97. The van der Waals surface area contributed by atoms with Crippen LogP contribution in [-0.4, -0.2) is 16.1 Å². The van der Waals surface area contributed by atoms with Gasteiger partial charge in [0.1, 0.15) is 11.5 Å². The summed E-state index contributed by atoms with van der Waals surface area (Å²) in [6.45, 7) is 1.84. The highest BCUT2D eigenvalue weighted by Crippen LogP contribution is 2.15. The molecular weight excluding hydrogens is 195 g/mol. The number of rotatable bonds is 2. The van der Waals surface area contributed by atoms with Crippen LogP contribution in [0.3, 0.4) is 0 Å². The van der Waals surface area contributed by atoms with Crippen molar-refractivity contribution in [1.29, 1.82) is 0 Å². The minimum atomic E-state index is -0.344. The normalized spacial score (nSPS) is 10.3. The molecule has 0 saturated carbocycles. The molecule has 0 unspecified atom stereocenters. The molecule has 0 fully saturated rings. The molecule has 0 saturated heterocycles. The van der Waals surface area contributed by atoms with Crippen LogP contribution in [0.25, 0.3) is 5.69 Å². The topological polar surface area (TPSA) is 34.9 Å². The Morgan fingerprint density at radius 3 is 2.93 bits per heavy atom. The van der Waals surface area contributed by atoms with Crippen LogP contribution in [0.2, 0.25) is 0 Å². The summed E-state index contributed by atoms with van der Waals surface area (Å²) in [5.41, 5.74) is 1.86. The molecular formula is C11H9FN2O. The number of halogens is 1. The van der Waals surface area contributed by atoms with E-state index in [2.05, 4.69) is 5.10 Å². The lowest BCUT2D eigenvalue weighted by Crippen LogP contribution is -2.03. The van der Waals surface area contributed by atoms with E-state index in [-0.39, 0.29) is 5.82 Å². The third-order valence-electron chi connectivity index (χ3n) is 2.19. The standard InChI is InChI=1S/C11H9FN2O/c1-8-2-3-9(12)6-11(8)14-10(7-15)4-5-13-14/h2-7H,1H3. The van der Waals surface area contributed by atoms with E-state index < -0.39 is 0 Å². The van der Waals surface area contributed by atoms with Gasteiger partial charge >= 0.3 is 0 Å². The molecule has 0 atom stereocenters. The number of hydrogen-bond donors (Lipinski definition) is 0. The fourth-order valence-electron chi connectivity index (χ4n) is 1.41. The minimum absolute atomic E-state index is 0.344. The molecule has 0 N–H and O–H groups in total. The van der Waals surface area contributed by atoms with E-state index in [4.69, 9.17) is 0 Å². The molecule has 1 heterocycles. The molecule has 15 heavy (non-hydrogen) atoms. The maximum atomic E-state index is 13.0. The Bertz CT molecular complexity index is 505. The summed E-state index contributed by atoms with van der Waals surface area (Å²) in [5.74, 6) is -0.344. The molecule has 0 aliphatic rings. The highest BCUT2D eigenvalue weighted by atomic mass is 19.1. The Kier molecular flexibility index (Phi) is 2.33. The average molecular weight is 204 g/mol. The van der Waals surface area contributed by atoms with Crippen LogP contribution in [-0.2, 0) is 0 Å². The highest BCUT2D eigenvalue weighted by Gasteiger charge is 2.07. The van der Waals surface area contributed by atoms with Crippen molar-refractivity contribution in [2.45, 2.75) is 6.92 Å². The van der Waals surface area contributed by atoms with Crippen LogP contribution in [0.1, 0.15) is 16.1 Å². The van der Waals surface area contributed by atoms with Crippen LogP contribution in [0.4, 0.5) is 4.39 Å². The molecule has 0 aliphatic carbocycles. The minimum Gasteiger partial charge on any atom is -0.296 e. The summed E-state index contributed by atoms with van der Waals surface area (Å²) in [5, 5.41) is 3.98. The number of aromatic nitrogens is 2. The van der Waals surface area contributed by atoms with Gasteiger partial charge in [0, 0.05) is 0 Å². The van der Waals surface area contributed by atoms with Crippen LogP contribution in [0.5, 0.6) is 0 Å². The second kappa shape index (κ2) is 3.65. The molecule has 0 bridgehead atoms. The molecule has 76 valence electrons. The fraction of sp³-hybridized carbons (Fsp3) is 0.0909. The quantitative estimate of drug-likeness (QED) is 0.702. The van der Waals surface area contributed by atoms with E-state index in [0.717, 1.165) is 5.56 Å². The van der Waals surface area contributed by atoms with Crippen molar-refractivity contribution in [3.63, 3.8) is 0 Å². The van der Waals surface area contributed by atoms with E-state index in [1.165, 1.54) is 23.0 Å². The predicted molar refractivity (Wildman–Crippen MR) is 53.6 cm³/mol. The molecule has 0 radical (unpaired) electrons. The van der Waals surface area contributed by atoms with Gasteiger partial charge in [0.2, 0.25) is 0 Å². The number of aryl methyl sites for hydroxylation is 1.